The van der Waals surface area contributed by atoms with E-state index in [0.29, 0.717) is 32.6 Å². The van der Waals surface area contributed by atoms with Crippen LogP contribution in [-0.4, -0.2) is 77.7 Å². The number of amides is 2. The maximum atomic E-state index is 14.3. The lowest BCUT2D eigenvalue weighted by atomic mass is 10.1. The molecule has 1 aromatic heterocycles. The van der Waals surface area contributed by atoms with E-state index in [-0.39, 0.29) is 24.1 Å². The summed E-state index contributed by atoms with van der Waals surface area (Å²) in [5, 5.41) is 8.77. The first-order chi connectivity index (χ1) is 17.9. The second-order valence-electron chi connectivity index (χ2n) is 9.05. The summed E-state index contributed by atoms with van der Waals surface area (Å²) in [4.78, 5) is 31.5. The van der Waals surface area contributed by atoms with Gasteiger partial charge in [0.05, 0.1) is 18.4 Å². The van der Waals surface area contributed by atoms with Gasteiger partial charge in [0, 0.05) is 37.8 Å². The molecule has 1 saturated heterocycles. The van der Waals surface area contributed by atoms with Crippen LogP contribution in [0.2, 0.25) is 0 Å². The van der Waals surface area contributed by atoms with E-state index in [0.717, 1.165) is 22.8 Å². The van der Waals surface area contributed by atoms with Gasteiger partial charge in [-0.25, -0.2) is 4.39 Å². The molecular formula is C28H32FN5O3. The van der Waals surface area contributed by atoms with E-state index in [2.05, 4.69) is 15.1 Å². The van der Waals surface area contributed by atoms with Crippen molar-refractivity contribution in [3.05, 3.63) is 72.0 Å². The largest absolute Gasteiger partial charge is 0.497 e. The Morgan fingerprint density at radius 1 is 1.03 bits per heavy atom. The van der Waals surface area contributed by atoms with Crippen molar-refractivity contribution >= 4 is 17.6 Å². The maximum absolute atomic E-state index is 14.3. The number of aromatic nitrogens is 2. The molecule has 0 bridgehead atoms. The number of hydrogen-bond donors (Lipinski definition) is 0. The van der Waals surface area contributed by atoms with Crippen molar-refractivity contribution in [2.75, 3.05) is 44.7 Å². The van der Waals surface area contributed by atoms with E-state index < -0.39 is 11.7 Å². The van der Waals surface area contributed by atoms with Crippen LogP contribution < -0.4 is 9.64 Å². The topological polar surface area (TPSA) is 78.9 Å². The molecule has 0 unspecified atom stereocenters. The van der Waals surface area contributed by atoms with Crippen LogP contribution in [0.15, 0.2) is 60.7 Å². The second-order valence-corrected chi connectivity index (χ2v) is 9.05. The number of methoxy groups -OCH3 is 1. The minimum Gasteiger partial charge on any atom is -0.497 e. The molecule has 3 aromatic rings. The highest BCUT2D eigenvalue weighted by Gasteiger charge is 2.29. The highest BCUT2D eigenvalue weighted by Crippen LogP contribution is 2.23. The Kier molecular flexibility index (Phi) is 8.32. The van der Waals surface area contributed by atoms with Crippen molar-refractivity contribution < 1.29 is 18.7 Å². The third kappa shape index (κ3) is 6.04. The van der Waals surface area contributed by atoms with Gasteiger partial charge in [-0.2, -0.15) is 0 Å². The van der Waals surface area contributed by atoms with Crippen molar-refractivity contribution in [2.45, 2.75) is 26.3 Å². The summed E-state index contributed by atoms with van der Waals surface area (Å²) in [6, 6.07) is 17.2. The number of hydrogen-bond acceptors (Lipinski definition) is 6. The number of benzene rings is 2. The summed E-state index contributed by atoms with van der Waals surface area (Å²) in [7, 11) is 1.63. The van der Waals surface area contributed by atoms with Gasteiger partial charge in [0.25, 0.3) is 5.91 Å². The number of carbonyl (C=O) groups excluding carboxylic acids is 2. The van der Waals surface area contributed by atoms with Crippen molar-refractivity contribution in [3.63, 3.8) is 0 Å². The molecule has 0 radical (unpaired) electrons. The molecule has 2 amide bonds. The molecule has 0 saturated carbocycles. The summed E-state index contributed by atoms with van der Waals surface area (Å²) < 4.78 is 19.5. The highest BCUT2D eigenvalue weighted by atomic mass is 19.1. The fourth-order valence-corrected chi connectivity index (χ4v) is 4.30. The van der Waals surface area contributed by atoms with Crippen LogP contribution in [0, 0.1) is 5.82 Å². The Balaban J connectivity index is 1.37. The molecule has 0 spiro atoms. The van der Waals surface area contributed by atoms with Crippen LogP contribution in [0.5, 0.6) is 5.75 Å². The number of ether oxygens (including phenoxy) is 1. The molecular weight excluding hydrogens is 473 g/mol. The maximum Gasteiger partial charge on any atom is 0.257 e. The van der Waals surface area contributed by atoms with Crippen molar-refractivity contribution in [2.24, 2.45) is 0 Å². The lowest BCUT2D eigenvalue weighted by Gasteiger charge is -2.37. The molecule has 37 heavy (non-hydrogen) atoms. The molecule has 8 nitrogen and oxygen atoms in total. The van der Waals surface area contributed by atoms with Crippen molar-refractivity contribution in [1.82, 2.24) is 20.0 Å². The van der Waals surface area contributed by atoms with Crippen LogP contribution in [-0.2, 0) is 4.79 Å². The predicted molar refractivity (Wildman–Crippen MR) is 140 cm³/mol. The van der Waals surface area contributed by atoms with Crippen LogP contribution in [0.25, 0.3) is 11.3 Å². The van der Waals surface area contributed by atoms with Gasteiger partial charge >= 0.3 is 0 Å². The van der Waals surface area contributed by atoms with E-state index in [1.807, 2.05) is 50.2 Å². The molecule has 194 valence electrons. The Morgan fingerprint density at radius 3 is 2.43 bits per heavy atom. The molecule has 4 rings (SSSR count). The first kappa shape index (κ1) is 26.1. The van der Waals surface area contributed by atoms with E-state index >= 15 is 0 Å². The monoisotopic (exact) mass is 505 g/mol. The first-order valence-electron chi connectivity index (χ1n) is 12.5. The number of halogens is 1. The third-order valence-corrected chi connectivity index (χ3v) is 6.77. The number of anilines is 1. The standard InChI is InChI=1S/C28H32FN5O3/c1-4-20(2)34(28(36)23-10-5-6-11-24(23)29)19-27(35)33-16-14-32(15-17-33)26-13-12-25(30-31-26)21-8-7-9-22(18-21)37-3/h5-13,18,20H,4,14-17,19H2,1-3H3/t20-/m0/s1. The van der Waals surface area contributed by atoms with Crippen LogP contribution in [0.1, 0.15) is 30.6 Å². The van der Waals surface area contributed by atoms with Gasteiger partial charge in [-0.3, -0.25) is 9.59 Å². The highest BCUT2D eigenvalue weighted by molar-refractivity contribution is 5.97. The Bertz CT molecular complexity index is 1230. The number of rotatable bonds is 8. The molecule has 2 heterocycles. The number of piperazine rings is 1. The zero-order valence-electron chi connectivity index (χ0n) is 21.4. The van der Waals surface area contributed by atoms with Gasteiger partial charge < -0.3 is 19.4 Å². The summed E-state index contributed by atoms with van der Waals surface area (Å²) in [6.45, 7) is 5.93. The van der Waals surface area contributed by atoms with Crippen LogP contribution in [0.4, 0.5) is 10.2 Å². The van der Waals surface area contributed by atoms with E-state index in [1.54, 1.807) is 24.1 Å². The second kappa shape index (κ2) is 11.8. The number of nitrogens with zero attached hydrogens (tertiary/aromatic N) is 5. The molecule has 0 aliphatic carbocycles. The predicted octanol–water partition coefficient (Wildman–Crippen LogP) is 3.88. The minimum atomic E-state index is -0.583. The fourth-order valence-electron chi connectivity index (χ4n) is 4.30. The average Bonchev–Trinajstić information content (AvgIpc) is 2.95. The lowest BCUT2D eigenvalue weighted by Crippen LogP contribution is -2.53. The zero-order valence-corrected chi connectivity index (χ0v) is 21.4. The normalized spacial score (nSPS) is 14.3. The van der Waals surface area contributed by atoms with Gasteiger partial charge in [-0.15, -0.1) is 10.2 Å². The SMILES string of the molecule is CC[C@H](C)N(CC(=O)N1CCN(c2ccc(-c3cccc(OC)c3)nn2)CC1)C(=O)c1ccccc1F. The summed E-state index contributed by atoms with van der Waals surface area (Å²) in [6.07, 6.45) is 0.658. The molecule has 1 aliphatic heterocycles. The van der Waals surface area contributed by atoms with Gasteiger partial charge in [-0.1, -0.05) is 31.2 Å². The summed E-state index contributed by atoms with van der Waals surface area (Å²) >= 11 is 0. The van der Waals surface area contributed by atoms with Gasteiger partial charge in [0.1, 0.15) is 18.1 Å². The molecule has 1 atom stereocenters. The van der Waals surface area contributed by atoms with E-state index in [4.69, 9.17) is 4.74 Å². The number of carbonyl (C=O) groups is 2. The molecule has 1 aliphatic rings. The Hall–Kier alpha value is -4.01. The fraction of sp³-hybridized carbons (Fsp3) is 0.357. The smallest absolute Gasteiger partial charge is 0.257 e. The van der Waals surface area contributed by atoms with Crippen molar-refractivity contribution in [1.29, 1.82) is 0 Å². The molecule has 1 fully saturated rings. The quantitative estimate of drug-likeness (QED) is 0.462. The Labute approximate surface area is 216 Å². The van der Waals surface area contributed by atoms with Gasteiger partial charge in [0.2, 0.25) is 5.91 Å². The zero-order chi connectivity index (χ0) is 26.4. The average molecular weight is 506 g/mol. The minimum absolute atomic E-state index is 0.0172. The molecule has 0 N–H and O–H groups in total. The first-order valence-corrected chi connectivity index (χ1v) is 12.5. The van der Waals surface area contributed by atoms with E-state index in [9.17, 15) is 14.0 Å². The van der Waals surface area contributed by atoms with Crippen molar-refractivity contribution in [3.8, 4) is 17.0 Å². The third-order valence-electron chi connectivity index (χ3n) is 6.77. The van der Waals surface area contributed by atoms with Gasteiger partial charge in [-0.05, 0) is 49.7 Å². The van der Waals surface area contributed by atoms with Gasteiger partial charge in [0.15, 0.2) is 5.82 Å². The molecule has 2 aromatic carbocycles. The summed E-state index contributed by atoms with van der Waals surface area (Å²) in [5.41, 5.74) is 1.65. The Morgan fingerprint density at radius 2 is 1.78 bits per heavy atom. The van der Waals surface area contributed by atoms with Crippen LogP contribution in [0.3, 0.4) is 0 Å². The van der Waals surface area contributed by atoms with Crippen LogP contribution >= 0.6 is 0 Å². The molecule has 9 heteroatoms. The van der Waals surface area contributed by atoms with E-state index in [1.165, 1.54) is 17.0 Å². The lowest BCUT2D eigenvalue weighted by molar-refractivity contribution is -0.132. The summed E-state index contributed by atoms with van der Waals surface area (Å²) in [5.74, 6) is 0.303.